The van der Waals surface area contributed by atoms with Crippen LogP contribution in [0.4, 0.5) is 0 Å². The molecule has 8 nitrogen and oxygen atoms in total. The quantitative estimate of drug-likeness (QED) is 0.0272. The fourth-order valence-corrected chi connectivity index (χ4v) is 7.95. The minimum Gasteiger partial charge on any atom is -0.756 e. The lowest BCUT2D eigenvalue weighted by molar-refractivity contribution is -0.870. The van der Waals surface area contributed by atoms with Crippen molar-refractivity contribution in [2.24, 2.45) is 0 Å². The number of hydrogen-bond donors (Lipinski definition) is 2. The van der Waals surface area contributed by atoms with Crippen molar-refractivity contribution in [2.75, 3.05) is 40.9 Å². The van der Waals surface area contributed by atoms with Gasteiger partial charge >= 0.3 is 0 Å². The van der Waals surface area contributed by atoms with Crippen LogP contribution in [0.1, 0.15) is 194 Å². The number of nitrogens with zero attached hydrogens (tertiary/aromatic N) is 1. The number of carbonyl (C=O) groups is 1. The summed E-state index contributed by atoms with van der Waals surface area (Å²) in [5, 5.41) is 13.8. The highest BCUT2D eigenvalue weighted by Gasteiger charge is 2.23. The van der Waals surface area contributed by atoms with Crippen molar-refractivity contribution in [2.45, 2.75) is 206 Å². The van der Waals surface area contributed by atoms with Crippen LogP contribution < -0.4 is 10.2 Å². The molecule has 0 aromatic carbocycles. The third-order valence-electron chi connectivity index (χ3n) is 11.7. The summed E-state index contributed by atoms with van der Waals surface area (Å²) in [5.41, 5.74) is 0. The standard InChI is InChI=1S/C65H107N2O6P/c1-6-8-10-12-14-16-18-20-22-23-24-25-26-27-28-29-30-31-32-33-34-35-36-37-38-39-40-41-42-43-45-47-49-51-53-55-57-59-65(69)66-63(62-73-74(70,71)72-61-60-67(3,4)5)64(68)58-56-54-52-50-48-46-44-21-19-17-15-13-11-9-7-2/h8,10,14,16,20,22,24-25,27-28,30-31,33-34,36-37,39-40,42-43,47-50,56,58,63-64,68H,6-7,9,11-13,15,17-19,21,23,26,29,32,35,38,41,44-46,51-55,57,59-62H2,1-5H3,(H-,66,69,70,71)/b10-8-,16-14-,22-20-,25-24-,28-27-,31-30-,34-33-,37-36-,40-39-,43-42-,49-47-,50-48+,58-56+. The summed E-state index contributed by atoms with van der Waals surface area (Å²) in [6.07, 6.45) is 84.7. The van der Waals surface area contributed by atoms with E-state index in [2.05, 4.69) is 165 Å². The topological polar surface area (TPSA) is 108 Å². The summed E-state index contributed by atoms with van der Waals surface area (Å²) in [7, 11) is 1.19. The summed E-state index contributed by atoms with van der Waals surface area (Å²) in [5.74, 6) is -0.247. The van der Waals surface area contributed by atoms with Crippen LogP contribution in [0.3, 0.4) is 0 Å². The molecule has 0 aromatic heterocycles. The molecule has 0 aliphatic heterocycles. The maximum atomic E-state index is 12.9. The van der Waals surface area contributed by atoms with Crippen LogP contribution in [0.25, 0.3) is 0 Å². The number of aliphatic hydroxyl groups is 1. The van der Waals surface area contributed by atoms with Crippen molar-refractivity contribution in [3.05, 3.63) is 158 Å². The zero-order valence-corrected chi connectivity index (χ0v) is 48.4. The molecular formula is C65H107N2O6P. The zero-order chi connectivity index (χ0) is 54.2. The largest absolute Gasteiger partial charge is 0.756 e. The van der Waals surface area contributed by atoms with Crippen LogP contribution in [0.2, 0.25) is 0 Å². The molecule has 9 heteroatoms. The highest BCUT2D eigenvalue weighted by Crippen LogP contribution is 2.38. The van der Waals surface area contributed by atoms with Crippen LogP contribution in [0.5, 0.6) is 0 Å². The van der Waals surface area contributed by atoms with Crippen LogP contribution in [-0.2, 0) is 18.4 Å². The zero-order valence-electron chi connectivity index (χ0n) is 47.5. The second-order valence-electron chi connectivity index (χ2n) is 19.9. The Kier molecular flexibility index (Phi) is 51.1. The molecule has 0 aliphatic rings. The number of likely N-dealkylation sites (N-methyl/N-ethyl adjacent to an activating group) is 1. The number of unbranched alkanes of at least 4 members (excludes halogenated alkanes) is 13. The van der Waals surface area contributed by atoms with Crippen molar-refractivity contribution in [1.29, 1.82) is 0 Å². The van der Waals surface area contributed by atoms with E-state index in [9.17, 15) is 19.4 Å². The third kappa shape index (κ3) is 55.9. The third-order valence-corrected chi connectivity index (χ3v) is 12.7. The van der Waals surface area contributed by atoms with Crippen molar-refractivity contribution in [3.8, 4) is 0 Å². The first-order chi connectivity index (χ1) is 36.0. The van der Waals surface area contributed by atoms with Gasteiger partial charge in [0.1, 0.15) is 13.2 Å². The molecule has 0 aliphatic carbocycles. The Morgan fingerprint density at radius 3 is 1.26 bits per heavy atom. The first-order valence-electron chi connectivity index (χ1n) is 28.8. The van der Waals surface area contributed by atoms with Gasteiger partial charge in [-0.3, -0.25) is 9.36 Å². The maximum Gasteiger partial charge on any atom is 0.268 e. The molecule has 0 bridgehead atoms. The lowest BCUT2D eigenvalue weighted by Gasteiger charge is -2.29. The van der Waals surface area contributed by atoms with Crippen molar-refractivity contribution in [1.82, 2.24) is 5.32 Å². The van der Waals surface area contributed by atoms with Gasteiger partial charge in [0.05, 0.1) is 39.9 Å². The molecule has 0 spiro atoms. The van der Waals surface area contributed by atoms with Gasteiger partial charge in [0.15, 0.2) is 0 Å². The number of quaternary nitrogens is 1. The smallest absolute Gasteiger partial charge is 0.268 e. The normalized spacial score (nSPS) is 15.1. The second-order valence-corrected chi connectivity index (χ2v) is 21.3. The molecule has 0 saturated heterocycles. The Morgan fingerprint density at radius 1 is 0.486 bits per heavy atom. The van der Waals surface area contributed by atoms with Gasteiger partial charge < -0.3 is 28.8 Å². The minimum absolute atomic E-state index is 0.0221. The molecule has 2 N–H and O–H groups in total. The van der Waals surface area contributed by atoms with Crippen molar-refractivity contribution < 1.29 is 32.9 Å². The molecule has 0 radical (unpaired) electrons. The number of amides is 1. The van der Waals surface area contributed by atoms with Gasteiger partial charge in [-0.2, -0.15) is 0 Å². The molecular weight excluding hydrogens is 936 g/mol. The first kappa shape index (κ1) is 70.1. The first-order valence-corrected chi connectivity index (χ1v) is 30.3. The van der Waals surface area contributed by atoms with Crippen LogP contribution in [-0.4, -0.2) is 68.5 Å². The van der Waals surface area contributed by atoms with Crippen molar-refractivity contribution in [3.63, 3.8) is 0 Å². The van der Waals surface area contributed by atoms with E-state index in [4.69, 9.17) is 9.05 Å². The molecule has 0 heterocycles. The fourth-order valence-electron chi connectivity index (χ4n) is 7.23. The number of allylic oxidation sites excluding steroid dienone is 25. The van der Waals surface area contributed by atoms with Gasteiger partial charge in [-0.15, -0.1) is 0 Å². The Bertz CT molecular complexity index is 1750. The van der Waals surface area contributed by atoms with E-state index < -0.39 is 26.6 Å². The fraction of sp³-hybridized carbons (Fsp3) is 0.585. The van der Waals surface area contributed by atoms with Gasteiger partial charge in [-0.05, 0) is 116 Å². The second kappa shape index (κ2) is 53.9. The van der Waals surface area contributed by atoms with E-state index >= 15 is 0 Å². The number of hydrogen-bond acceptors (Lipinski definition) is 6. The van der Waals surface area contributed by atoms with E-state index in [-0.39, 0.29) is 18.9 Å². The maximum absolute atomic E-state index is 12.9. The molecule has 1 amide bonds. The van der Waals surface area contributed by atoms with E-state index in [0.29, 0.717) is 17.4 Å². The number of carbonyl (C=O) groups excluding carboxylic acids is 1. The molecule has 0 rings (SSSR count). The number of aliphatic hydroxyl groups excluding tert-OH is 1. The van der Waals surface area contributed by atoms with Gasteiger partial charge in [0, 0.05) is 6.42 Å². The average molecular weight is 1040 g/mol. The Labute approximate surface area is 454 Å². The summed E-state index contributed by atoms with van der Waals surface area (Å²) < 4.78 is 23.3. The van der Waals surface area contributed by atoms with Gasteiger partial charge in [-0.1, -0.05) is 230 Å². The molecule has 0 aromatic rings. The van der Waals surface area contributed by atoms with Gasteiger partial charge in [0.2, 0.25) is 5.91 Å². The predicted molar refractivity (Wildman–Crippen MR) is 320 cm³/mol. The minimum atomic E-state index is -4.62. The molecule has 418 valence electrons. The molecule has 0 saturated carbocycles. The lowest BCUT2D eigenvalue weighted by Crippen LogP contribution is -2.45. The van der Waals surface area contributed by atoms with E-state index in [1.54, 1.807) is 6.08 Å². The predicted octanol–water partition coefficient (Wildman–Crippen LogP) is 17.2. The van der Waals surface area contributed by atoms with Crippen LogP contribution in [0, 0.1) is 0 Å². The number of rotatable bonds is 50. The van der Waals surface area contributed by atoms with Gasteiger partial charge in [-0.25, -0.2) is 0 Å². The summed E-state index contributed by atoms with van der Waals surface area (Å²) in [4.78, 5) is 25.4. The number of phosphoric acid groups is 1. The van der Waals surface area contributed by atoms with E-state index in [1.807, 2.05) is 27.2 Å². The highest BCUT2D eigenvalue weighted by molar-refractivity contribution is 7.45. The Morgan fingerprint density at radius 2 is 0.838 bits per heavy atom. The Balaban J connectivity index is 4.31. The average Bonchev–Trinajstić information content (AvgIpc) is 3.36. The number of nitrogens with one attached hydrogen (secondary N) is 1. The monoisotopic (exact) mass is 1040 g/mol. The highest BCUT2D eigenvalue weighted by atomic mass is 31.2. The SMILES string of the molecule is CC/C=C\C/C=C\C/C=C\C/C=C\C/C=C\C/C=C\C/C=C\C/C=C\C/C=C\C/C=C\C/C=C\CCCCCC(=O)NC(COP(=O)([O-])OCC[N+](C)(C)C)C(O)/C=C/CC/C=C/CCCCCCCCCCC. The van der Waals surface area contributed by atoms with E-state index in [1.165, 1.54) is 57.8 Å². The Hall–Kier alpha value is -3.88. The summed E-state index contributed by atoms with van der Waals surface area (Å²) in [6.45, 7) is 4.45. The van der Waals surface area contributed by atoms with Crippen LogP contribution >= 0.6 is 7.82 Å². The molecule has 3 atom stereocenters. The van der Waals surface area contributed by atoms with Crippen molar-refractivity contribution >= 4 is 13.7 Å². The van der Waals surface area contributed by atoms with Gasteiger partial charge in [0.25, 0.3) is 7.82 Å². The summed E-state index contributed by atoms with van der Waals surface area (Å²) in [6, 6.07) is -0.933. The lowest BCUT2D eigenvalue weighted by atomic mass is 10.1. The molecule has 74 heavy (non-hydrogen) atoms. The summed E-state index contributed by atoms with van der Waals surface area (Å²) >= 11 is 0. The molecule has 0 fully saturated rings. The van der Waals surface area contributed by atoms with E-state index in [0.717, 1.165) is 109 Å². The van der Waals surface area contributed by atoms with Crippen LogP contribution in [0.15, 0.2) is 158 Å². The number of phosphoric ester groups is 1. The molecule has 3 unspecified atom stereocenters.